The molecule has 6 aromatic rings. The summed E-state index contributed by atoms with van der Waals surface area (Å²) >= 11 is 0. The highest BCUT2D eigenvalue weighted by molar-refractivity contribution is 5.90. The van der Waals surface area contributed by atoms with Crippen LogP contribution in [0.5, 0.6) is 0 Å². The van der Waals surface area contributed by atoms with Gasteiger partial charge in [-0.3, -0.25) is 15.0 Å². The zero-order chi connectivity index (χ0) is 30.7. The predicted molar refractivity (Wildman–Crippen MR) is 181 cm³/mol. The third-order valence-corrected chi connectivity index (χ3v) is 9.28. The van der Waals surface area contributed by atoms with Crippen LogP contribution in [0.4, 0.5) is 5.95 Å². The molecule has 2 saturated heterocycles. The van der Waals surface area contributed by atoms with Gasteiger partial charge in [-0.25, -0.2) is 15.0 Å². The van der Waals surface area contributed by atoms with Gasteiger partial charge in [0.25, 0.3) is 0 Å². The number of rotatable bonds is 7. The second-order valence-corrected chi connectivity index (χ2v) is 12.4. The topological polar surface area (TPSA) is 99.6 Å². The first-order chi connectivity index (χ1) is 22.8. The van der Waals surface area contributed by atoms with Gasteiger partial charge in [-0.1, -0.05) is 60.7 Å². The minimum Gasteiger partial charge on any atom is -0.341 e. The number of anilines is 1. The summed E-state index contributed by atoms with van der Waals surface area (Å²) in [6.07, 6.45) is 9.47. The van der Waals surface area contributed by atoms with Crippen molar-refractivity contribution in [1.29, 1.82) is 0 Å². The lowest BCUT2D eigenvalue weighted by Gasteiger charge is -2.31. The quantitative estimate of drug-likeness (QED) is 0.209. The smallest absolute Gasteiger partial charge is 0.227 e. The molecule has 230 valence electrons. The highest BCUT2D eigenvalue weighted by Crippen LogP contribution is 2.34. The van der Waals surface area contributed by atoms with E-state index >= 15 is 0 Å². The standard InChI is InChI=1S/C37H37N9/c1-3-9-27(10-4-1)31-23-30-24-39-37(46-19-7-2-8-20-46)42-34(30)40-33(31)28-14-12-26(13-15-28)25-45-21-16-29(17-22-45)35-41-36(44-43-35)32-11-5-6-18-38-32/h1,3-6,9-15,18,23-24,29H,2,7-8,16-17,19-22,25H2,(H,41,43,44). The summed E-state index contributed by atoms with van der Waals surface area (Å²) in [7, 11) is 0. The molecule has 0 aliphatic carbocycles. The fraction of sp³-hybridized carbons (Fsp3) is 0.297. The predicted octanol–water partition coefficient (Wildman–Crippen LogP) is 6.91. The Morgan fingerprint density at radius 3 is 2.33 bits per heavy atom. The molecule has 0 radical (unpaired) electrons. The molecule has 0 saturated carbocycles. The Morgan fingerprint density at radius 2 is 1.54 bits per heavy atom. The maximum absolute atomic E-state index is 5.17. The molecule has 0 bridgehead atoms. The lowest BCUT2D eigenvalue weighted by molar-refractivity contribution is 0.202. The van der Waals surface area contributed by atoms with Gasteiger partial charge >= 0.3 is 0 Å². The Bertz CT molecular complexity index is 1910. The van der Waals surface area contributed by atoms with Crippen LogP contribution in [0.15, 0.2) is 91.3 Å². The Hall–Kier alpha value is -5.02. The number of fused-ring (bicyclic) bond motifs is 1. The zero-order valence-corrected chi connectivity index (χ0v) is 25.9. The van der Waals surface area contributed by atoms with Gasteiger partial charge in [-0.15, -0.1) is 0 Å². The SMILES string of the molecule is c1ccc(-c2cc3cnc(N4CCCCC4)nc3nc2-c2ccc(CN3CCC(c4nc(-c5ccccn5)n[nH]4)CC3)cc2)cc1. The molecule has 0 unspecified atom stereocenters. The average Bonchev–Trinajstić information content (AvgIpc) is 3.63. The van der Waals surface area contributed by atoms with Crippen molar-refractivity contribution >= 4 is 17.0 Å². The van der Waals surface area contributed by atoms with Crippen molar-refractivity contribution in [2.45, 2.75) is 44.6 Å². The van der Waals surface area contributed by atoms with Crippen molar-refractivity contribution in [3.63, 3.8) is 0 Å². The maximum Gasteiger partial charge on any atom is 0.227 e. The number of likely N-dealkylation sites (tertiary alicyclic amines) is 1. The fourth-order valence-electron chi connectivity index (χ4n) is 6.72. The molecule has 9 heteroatoms. The van der Waals surface area contributed by atoms with Crippen LogP contribution in [0.3, 0.4) is 0 Å². The molecule has 46 heavy (non-hydrogen) atoms. The number of benzene rings is 2. The summed E-state index contributed by atoms with van der Waals surface area (Å²) in [6, 6.07) is 27.4. The van der Waals surface area contributed by atoms with Crippen LogP contribution < -0.4 is 4.90 Å². The number of pyridine rings is 2. The minimum absolute atomic E-state index is 0.387. The van der Waals surface area contributed by atoms with E-state index in [1.165, 1.54) is 24.8 Å². The maximum atomic E-state index is 5.17. The molecule has 8 rings (SSSR count). The molecular formula is C37H37N9. The van der Waals surface area contributed by atoms with E-state index in [1.807, 2.05) is 30.5 Å². The van der Waals surface area contributed by atoms with Gasteiger partial charge in [0.1, 0.15) is 11.5 Å². The number of aromatic nitrogens is 7. The second-order valence-electron chi connectivity index (χ2n) is 12.4. The summed E-state index contributed by atoms with van der Waals surface area (Å²) in [4.78, 5) is 28.8. The first-order valence-corrected chi connectivity index (χ1v) is 16.4. The molecule has 2 aliphatic rings. The molecule has 1 N–H and O–H groups in total. The number of hydrogen-bond acceptors (Lipinski definition) is 8. The summed E-state index contributed by atoms with van der Waals surface area (Å²) in [5.41, 5.74) is 7.12. The highest BCUT2D eigenvalue weighted by Gasteiger charge is 2.24. The molecule has 0 amide bonds. The molecule has 2 aliphatic heterocycles. The normalized spacial score (nSPS) is 16.2. The third-order valence-electron chi connectivity index (χ3n) is 9.28. The molecule has 4 aromatic heterocycles. The minimum atomic E-state index is 0.387. The van der Waals surface area contributed by atoms with Crippen LogP contribution in [0.1, 0.15) is 49.4 Å². The van der Waals surface area contributed by atoms with E-state index in [0.29, 0.717) is 11.7 Å². The van der Waals surface area contributed by atoms with Crippen molar-refractivity contribution in [3.8, 4) is 33.9 Å². The number of piperidine rings is 2. The largest absolute Gasteiger partial charge is 0.341 e. The Balaban J connectivity index is 0.992. The van der Waals surface area contributed by atoms with Crippen molar-refractivity contribution in [1.82, 2.24) is 40.0 Å². The number of aromatic amines is 1. The van der Waals surface area contributed by atoms with Gasteiger partial charge < -0.3 is 4.90 Å². The summed E-state index contributed by atoms with van der Waals surface area (Å²) in [6.45, 7) is 4.98. The number of hydrogen-bond donors (Lipinski definition) is 1. The molecule has 2 aromatic carbocycles. The second kappa shape index (κ2) is 12.8. The lowest BCUT2D eigenvalue weighted by atomic mass is 9.95. The molecule has 0 atom stereocenters. The van der Waals surface area contributed by atoms with Crippen molar-refractivity contribution in [2.75, 3.05) is 31.1 Å². The molecule has 0 spiro atoms. The van der Waals surface area contributed by atoms with Gasteiger partial charge in [-0.2, -0.15) is 10.1 Å². The first kappa shape index (κ1) is 28.5. The van der Waals surface area contributed by atoms with Crippen LogP contribution in [0.2, 0.25) is 0 Å². The van der Waals surface area contributed by atoms with E-state index in [-0.39, 0.29) is 0 Å². The molecular weight excluding hydrogens is 570 g/mol. The van der Waals surface area contributed by atoms with E-state index in [0.717, 1.165) is 96.4 Å². The Morgan fingerprint density at radius 1 is 0.739 bits per heavy atom. The number of H-pyrrole nitrogens is 1. The zero-order valence-electron chi connectivity index (χ0n) is 25.9. The monoisotopic (exact) mass is 607 g/mol. The van der Waals surface area contributed by atoms with E-state index in [9.17, 15) is 0 Å². The van der Waals surface area contributed by atoms with E-state index in [2.05, 4.69) is 79.6 Å². The van der Waals surface area contributed by atoms with E-state index in [1.54, 1.807) is 6.20 Å². The van der Waals surface area contributed by atoms with Gasteiger partial charge in [0.2, 0.25) is 5.95 Å². The van der Waals surface area contributed by atoms with E-state index in [4.69, 9.17) is 19.9 Å². The Labute approximate surface area is 268 Å². The third kappa shape index (κ3) is 5.98. The van der Waals surface area contributed by atoms with Crippen LogP contribution in [-0.4, -0.2) is 66.2 Å². The first-order valence-electron chi connectivity index (χ1n) is 16.4. The van der Waals surface area contributed by atoms with Gasteiger partial charge in [-0.05, 0) is 74.5 Å². The van der Waals surface area contributed by atoms with Crippen LogP contribution in [0.25, 0.3) is 44.9 Å². The van der Waals surface area contributed by atoms with Gasteiger partial charge in [0, 0.05) is 54.5 Å². The van der Waals surface area contributed by atoms with Crippen LogP contribution >= 0.6 is 0 Å². The number of nitrogens with one attached hydrogen (secondary N) is 1. The Kier molecular flexibility index (Phi) is 7.90. The molecule has 6 heterocycles. The molecule has 9 nitrogen and oxygen atoms in total. The highest BCUT2D eigenvalue weighted by atomic mass is 15.3. The summed E-state index contributed by atoms with van der Waals surface area (Å²) in [5.74, 6) is 2.81. The van der Waals surface area contributed by atoms with Crippen LogP contribution in [0, 0.1) is 0 Å². The van der Waals surface area contributed by atoms with E-state index < -0.39 is 0 Å². The van der Waals surface area contributed by atoms with Crippen molar-refractivity contribution < 1.29 is 0 Å². The lowest BCUT2D eigenvalue weighted by Crippen LogP contribution is -2.32. The van der Waals surface area contributed by atoms with Crippen molar-refractivity contribution in [3.05, 3.63) is 103 Å². The number of nitrogens with zero attached hydrogens (tertiary/aromatic N) is 8. The van der Waals surface area contributed by atoms with Gasteiger partial charge in [0.05, 0.1) is 5.69 Å². The summed E-state index contributed by atoms with van der Waals surface area (Å²) in [5, 5.41) is 8.55. The average molecular weight is 608 g/mol. The molecule has 2 fully saturated rings. The van der Waals surface area contributed by atoms with Gasteiger partial charge in [0.15, 0.2) is 11.5 Å². The fourth-order valence-corrected chi connectivity index (χ4v) is 6.72. The van der Waals surface area contributed by atoms with Crippen molar-refractivity contribution in [2.24, 2.45) is 0 Å². The summed E-state index contributed by atoms with van der Waals surface area (Å²) < 4.78 is 0. The van der Waals surface area contributed by atoms with Crippen LogP contribution in [-0.2, 0) is 6.54 Å².